The number of halogens is 3. The average Bonchev–Trinajstić information content (AvgIpc) is 2.44. The molecule has 0 amide bonds. The number of alkyl halides is 1. The molecule has 0 aliphatic rings. The first-order chi connectivity index (χ1) is 9.55. The van der Waals surface area contributed by atoms with E-state index >= 15 is 0 Å². The second-order valence-electron chi connectivity index (χ2n) is 4.81. The average molecular weight is 417 g/mol. The molecule has 20 heavy (non-hydrogen) atoms. The van der Waals surface area contributed by atoms with Gasteiger partial charge >= 0.3 is 0 Å². The standard InChI is InChI=1S/C17H17Br2Cl/c1-3-11-5-6-12(4-2)16(7-11)17(19)13-8-14(18)10-15(20)9-13/h5-10,17H,3-4H2,1-2H3. The zero-order valence-corrected chi connectivity index (χ0v) is 15.5. The summed E-state index contributed by atoms with van der Waals surface area (Å²) in [6, 6.07) is 12.8. The molecule has 0 nitrogen and oxygen atoms in total. The maximum Gasteiger partial charge on any atom is 0.0648 e. The normalized spacial score (nSPS) is 12.4. The van der Waals surface area contributed by atoms with Crippen molar-refractivity contribution < 1.29 is 0 Å². The quantitative estimate of drug-likeness (QED) is 0.486. The van der Waals surface area contributed by atoms with Gasteiger partial charge in [0.1, 0.15) is 0 Å². The summed E-state index contributed by atoms with van der Waals surface area (Å²) >= 11 is 13.5. The van der Waals surface area contributed by atoms with Crippen LogP contribution in [0.2, 0.25) is 5.02 Å². The summed E-state index contributed by atoms with van der Waals surface area (Å²) in [4.78, 5) is 0.166. The van der Waals surface area contributed by atoms with E-state index in [4.69, 9.17) is 11.6 Å². The van der Waals surface area contributed by atoms with E-state index in [1.54, 1.807) is 0 Å². The van der Waals surface area contributed by atoms with Crippen LogP contribution in [0.4, 0.5) is 0 Å². The molecular formula is C17H17Br2Cl. The lowest BCUT2D eigenvalue weighted by molar-refractivity contribution is 1.03. The molecule has 0 radical (unpaired) electrons. The van der Waals surface area contributed by atoms with Gasteiger partial charge < -0.3 is 0 Å². The molecule has 106 valence electrons. The Labute approximate surface area is 142 Å². The van der Waals surface area contributed by atoms with Crippen LogP contribution in [-0.2, 0) is 12.8 Å². The van der Waals surface area contributed by atoms with Crippen LogP contribution >= 0.6 is 43.5 Å². The molecule has 2 aromatic rings. The molecule has 0 aliphatic heterocycles. The van der Waals surface area contributed by atoms with E-state index in [1.807, 2.05) is 12.1 Å². The summed E-state index contributed by atoms with van der Waals surface area (Å²) in [7, 11) is 0. The van der Waals surface area contributed by atoms with Crippen molar-refractivity contribution in [2.45, 2.75) is 31.5 Å². The Morgan fingerprint density at radius 1 is 1.05 bits per heavy atom. The third-order valence-electron chi connectivity index (χ3n) is 3.45. The van der Waals surface area contributed by atoms with Crippen molar-refractivity contribution in [1.29, 1.82) is 0 Å². The summed E-state index contributed by atoms with van der Waals surface area (Å²) < 4.78 is 1.01. The molecule has 0 aromatic heterocycles. The van der Waals surface area contributed by atoms with Gasteiger partial charge in [0.25, 0.3) is 0 Å². The molecule has 0 fully saturated rings. The predicted molar refractivity (Wildman–Crippen MR) is 95.1 cm³/mol. The van der Waals surface area contributed by atoms with Crippen LogP contribution in [0.5, 0.6) is 0 Å². The van der Waals surface area contributed by atoms with Crippen molar-refractivity contribution >= 4 is 43.5 Å². The zero-order valence-electron chi connectivity index (χ0n) is 11.6. The fourth-order valence-corrected chi connectivity index (χ4v) is 3.90. The molecular weight excluding hydrogens is 399 g/mol. The molecule has 0 aliphatic carbocycles. The highest BCUT2D eigenvalue weighted by molar-refractivity contribution is 9.10. The van der Waals surface area contributed by atoms with E-state index in [0.717, 1.165) is 22.3 Å². The van der Waals surface area contributed by atoms with E-state index in [0.29, 0.717) is 0 Å². The van der Waals surface area contributed by atoms with Gasteiger partial charge in [-0.3, -0.25) is 0 Å². The van der Waals surface area contributed by atoms with E-state index in [2.05, 4.69) is 70.0 Å². The van der Waals surface area contributed by atoms with Gasteiger partial charge in [0, 0.05) is 9.50 Å². The molecule has 2 aromatic carbocycles. The van der Waals surface area contributed by atoms with Gasteiger partial charge in [-0.05, 0) is 53.3 Å². The number of aryl methyl sites for hydroxylation is 2. The summed E-state index contributed by atoms with van der Waals surface area (Å²) in [6.07, 6.45) is 2.08. The maximum absolute atomic E-state index is 6.16. The number of hydrogen-bond acceptors (Lipinski definition) is 0. The third kappa shape index (κ3) is 3.66. The van der Waals surface area contributed by atoms with Crippen molar-refractivity contribution in [3.8, 4) is 0 Å². The minimum absolute atomic E-state index is 0.166. The molecule has 0 spiro atoms. The molecule has 3 heteroatoms. The third-order valence-corrected chi connectivity index (χ3v) is 5.15. The summed E-state index contributed by atoms with van der Waals surface area (Å²) in [5.74, 6) is 0. The fourth-order valence-electron chi connectivity index (χ4n) is 2.32. The minimum atomic E-state index is 0.166. The van der Waals surface area contributed by atoms with Crippen LogP contribution in [0.15, 0.2) is 40.9 Å². The van der Waals surface area contributed by atoms with Crippen LogP contribution in [-0.4, -0.2) is 0 Å². The molecule has 0 saturated carbocycles. The number of hydrogen-bond donors (Lipinski definition) is 0. The Hall–Kier alpha value is -0.310. The molecule has 1 unspecified atom stereocenters. The fraction of sp³-hybridized carbons (Fsp3) is 0.294. The van der Waals surface area contributed by atoms with Gasteiger partial charge in [0.05, 0.1) is 4.83 Å². The molecule has 1 atom stereocenters. The van der Waals surface area contributed by atoms with E-state index < -0.39 is 0 Å². The Bertz CT molecular complexity index is 588. The van der Waals surface area contributed by atoms with Crippen LogP contribution in [0.3, 0.4) is 0 Å². The highest BCUT2D eigenvalue weighted by Crippen LogP contribution is 2.36. The maximum atomic E-state index is 6.16. The van der Waals surface area contributed by atoms with Crippen molar-refractivity contribution in [2.24, 2.45) is 0 Å². The van der Waals surface area contributed by atoms with Crippen molar-refractivity contribution in [1.82, 2.24) is 0 Å². The second-order valence-corrected chi connectivity index (χ2v) is 7.07. The molecule has 0 heterocycles. The van der Waals surface area contributed by atoms with Gasteiger partial charge in [0.2, 0.25) is 0 Å². The molecule has 2 rings (SSSR count). The van der Waals surface area contributed by atoms with Gasteiger partial charge in [-0.15, -0.1) is 0 Å². The van der Waals surface area contributed by atoms with Crippen molar-refractivity contribution in [3.63, 3.8) is 0 Å². The Morgan fingerprint density at radius 3 is 2.40 bits per heavy atom. The predicted octanol–water partition coefficient (Wildman–Crippen LogP) is 6.71. The van der Waals surface area contributed by atoms with Gasteiger partial charge in [-0.25, -0.2) is 0 Å². The Kier molecular flexibility index (Phi) is 5.71. The molecule has 0 saturated heterocycles. The van der Waals surface area contributed by atoms with Gasteiger partial charge in [0.15, 0.2) is 0 Å². The van der Waals surface area contributed by atoms with Crippen molar-refractivity contribution in [3.05, 3.63) is 68.1 Å². The molecule has 0 N–H and O–H groups in total. The summed E-state index contributed by atoms with van der Waals surface area (Å²) in [5, 5.41) is 0.753. The molecule has 0 bridgehead atoms. The van der Waals surface area contributed by atoms with Gasteiger partial charge in [-0.2, -0.15) is 0 Å². The van der Waals surface area contributed by atoms with Gasteiger partial charge in [-0.1, -0.05) is 75.5 Å². The SMILES string of the molecule is CCc1ccc(CC)c(C(Br)c2cc(Cl)cc(Br)c2)c1. The first kappa shape index (κ1) is 16.1. The summed E-state index contributed by atoms with van der Waals surface area (Å²) in [6.45, 7) is 4.38. The largest absolute Gasteiger partial charge is 0.0843 e. The van der Waals surface area contributed by atoms with E-state index in [-0.39, 0.29) is 4.83 Å². The van der Waals surface area contributed by atoms with Crippen LogP contribution in [0.1, 0.15) is 40.9 Å². The number of benzene rings is 2. The van der Waals surface area contributed by atoms with Crippen LogP contribution in [0, 0.1) is 0 Å². The van der Waals surface area contributed by atoms with Crippen LogP contribution < -0.4 is 0 Å². The number of rotatable bonds is 4. The first-order valence-corrected chi connectivity index (χ1v) is 8.85. The highest BCUT2D eigenvalue weighted by Gasteiger charge is 2.15. The smallest absolute Gasteiger partial charge is 0.0648 e. The van der Waals surface area contributed by atoms with Crippen molar-refractivity contribution in [2.75, 3.05) is 0 Å². The van der Waals surface area contributed by atoms with E-state index in [1.165, 1.54) is 22.3 Å². The monoisotopic (exact) mass is 414 g/mol. The minimum Gasteiger partial charge on any atom is -0.0843 e. The lowest BCUT2D eigenvalue weighted by Crippen LogP contribution is -2.00. The lowest BCUT2D eigenvalue weighted by atomic mass is 9.95. The summed E-state index contributed by atoms with van der Waals surface area (Å²) in [5.41, 5.74) is 5.25. The second kappa shape index (κ2) is 7.11. The topological polar surface area (TPSA) is 0 Å². The highest BCUT2D eigenvalue weighted by atomic mass is 79.9. The van der Waals surface area contributed by atoms with E-state index in [9.17, 15) is 0 Å². The lowest BCUT2D eigenvalue weighted by Gasteiger charge is -2.17. The first-order valence-electron chi connectivity index (χ1n) is 6.76. The Morgan fingerprint density at radius 2 is 1.80 bits per heavy atom. The Balaban J connectivity index is 2.48. The zero-order chi connectivity index (χ0) is 14.7. The van der Waals surface area contributed by atoms with Crippen LogP contribution in [0.25, 0.3) is 0 Å².